The Morgan fingerprint density at radius 3 is 3.26 bits per heavy atom. The summed E-state index contributed by atoms with van der Waals surface area (Å²) in [4.78, 5) is 19.9. The second-order valence-electron chi connectivity index (χ2n) is 4.28. The molecule has 1 aliphatic heterocycles. The highest BCUT2D eigenvalue weighted by Crippen LogP contribution is 2.34. The molecular weight excluding hydrogens is 244 g/mol. The number of carbonyl (C=O) groups excluding carboxylic acids is 1. The first-order valence-corrected chi connectivity index (χ1v) is 6.06. The first kappa shape index (κ1) is 11.6. The van der Waals surface area contributed by atoms with E-state index >= 15 is 0 Å². The zero-order chi connectivity index (χ0) is 13.1. The number of hydrogen-bond donors (Lipinski definition) is 2. The van der Waals surface area contributed by atoms with Crippen molar-refractivity contribution in [2.45, 2.75) is 6.54 Å². The van der Waals surface area contributed by atoms with Crippen LogP contribution in [0.1, 0.15) is 5.69 Å². The molecule has 0 atom stereocenters. The minimum atomic E-state index is 0.651. The number of H-pyrrole nitrogens is 1. The van der Waals surface area contributed by atoms with Crippen LogP contribution in [-0.2, 0) is 11.3 Å². The summed E-state index contributed by atoms with van der Waals surface area (Å²) in [5, 5.41) is 2.65. The van der Waals surface area contributed by atoms with Gasteiger partial charge in [-0.2, -0.15) is 0 Å². The number of aromatic amines is 1. The van der Waals surface area contributed by atoms with E-state index in [4.69, 9.17) is 4.74 Å². The van der Waals surface area contributed by atoms with Gasteiger partial charge in [-0.1, -0.05) is 0 Å². The fraction of sp³-hybridized carbons (Fsp3) is 0.231. The van der Waals surface area contributed by atoms with Crippen molar-refractivity contribution in [2.75, 3.05) is 23.4 Å². The lowest BCUT2D eigenvalue weighted by atomic mass is 10.2. The number of fused-ring (bicyclic) bond motifs is 1. The Balaban J connectivity index is 1.88. The number of amides is 1. The lowest BCUT2D eigenvalue weighted by molar-refractivity contribution is -0.105. The highest BCUT2D eigenvalue weighted by molar-refractivity contribution is 5.76. The average molecular weight is 258 g/mol. The molecule has 0 aliphatic carbocycles. The van der Waals surface area contributed by atoms with Crippen LogP contribution < -0.4 is 15.0 Å². The van der Waals surface area contributed by atoms with Crippen molar-refractivity contribution in [1.29, 1.82) is 0 Å². The zero-order valence-electron chi connectivity index (χ0n) is 10.3. The lowest BCUT2D eigenvalue weighted by Gasteiger charge is -2.31. The smallest absolute Gasteiger partial charge is 0.211 e. The van der Waals surface area contributed by atoms with Gasteiger partial charge >= 0.3 is 0 Å². The summed E-state index contributed by atoms with van der Waals surface area (Å²) in [5.41, 5.74) is 2.70. The van der Waals surface area contributed by atoms with E-state index < -0.39 is 0 Å². The topological polar surface area (TPSA) is 70.2 Å². The van der Waals surface area contributed by atoms with Gasteiger partial charge in [-0.15, -0.1) is 0 Å². The number of hydrogen-bond acceptors (Lipinski definition) is 4. The van der Waals surface area contributed by atoms with Crippen molar-refractivity contribution in [3.8, 4) is 5.75 Å². The molecule has 0 bridgehead atoms. The number of nitrogens with zero attached hydrogens (tertiary/aromatic N) is 2. The van der Waals surface area contributed by atoms with Crippen LogP contribution in [0, 0.1) is 0 Å². The Hall–Kier alpha value is -2.50. The van der Waals surface area contributed by atoms with E-state index in [-0.39, 0.29) is 0 Å². The van der Waals surface area contributed by atoms with Crippen molar-refractivity contribution in [3.05, 3.63) is 36.4 Å². The third-order valence-corrected chi connectivity index (χ3v) is 3.05. The van der Waals surface area contributed by atoms with Crippen LogP contribution in [0.15, 0.2) is 30.7 Å². The van der Waals surface area contributed by atoms with Gasteiger partial charge in [-0.05, 0) is 18.2 Å². The summed E-state index contributed by atoms with van der Waals surface area (Å²) in [5.74, 6) is 0.832. The second-order valence-corrected chi connectivity index (χ2v) is 4.28. The van der Waals surface area contributed by atoms with Gasteiger partial charge in [0.1, 0.15) is 12.4 Å². The maximum atomic E-state index is 10.5. The van der Waals surface area contributed by atoms with Gasteiger partial charge in [0.2, 0.25) is 6.41 Å². The molecule has 1 aliphatic rings. The van der Waals surface area contributed by atoms with Crippen molar-refractivity contribution in [3.63, 3.8) is 0 Å². The molecule has 6 heteroatoms. The fourth-order valence-electron chi connectivity index (χ4n) is 2.17. The van der Waals surface area contributed by atoms with Crippen molar-refractivity contribution in [2.24, 2.45) is 0 Å². The first-order valence-electron chi connectivity index (χ1n) is 6.06. The van der Waals surface area contributed by atoms with Crippen molar-refractivity contribution in [1.82, 2.24) is 9.97 Å². The average Bonchev–Trinajstić information content (AvgIpc) is 2.93. The molecule has 1 aromatic heterocycles. The van der Waals surface area contributed by atoms with Gasteiger partial charge in [0, 0.05) is 11.9 Å². The molecule has 98 valence electrons. The molecule has 0 saturated heterocycles. The molecule has 2 heterocycles. The number of anilines is 2. The predicted molar refractivity (Wildman–Crippen MR) is 71.3 cm³/mol. The number of nitrogens with one attached hydrogen (secondary N) is 2. The van der Waals surface area contributed by atoms with E-state index in [0.717, 1.165) is 29.4 Å². The van der Waals surface area contributed by atoms with E-state index in [1.165, 1.54) is 0 Å². The van der Waals surface area contributed by atoms with Gasteiger partial charge < -0.3 is 19.9 Å². The van der Waals surface area contributed by atoms with Gasteiger partial charge in [0.05, 0.1) is 30.8 Å². The SMILES string of the molecule is O=CNc1ccc2c(c1)N(Cc1c[nH]cn1)CCO2. The highest BCUT2D eigenvalue weighted by Gasteiger charge is 2.19. The maximum absolute atomic E-state index is 10.5. The Kier molecular flexibility index (Phi) is 3.06. The summed E-state index contributed by atoms with van der Waals surface area (Å²) in [6.07, 6.45) is 4.22. The molecule has 6 nitrogen and oxygen atoms in total. The number of imidazole rings is 1. The Bertz CT molecular complexity index is 568. The van der Waals surface area contributed by atoms with Gasteiger partial charge in [-0.25, -0.2) is 4.98 Å². The summed E-state index contributed by atoms with van der Waals surface area (Å²) in [6, 6.07) is 5.61. The van der Waals surface area contributed by atoms with Crippen LogP contribution in [0.2, 0.25) is 0 Å². The van der Waals surface area contributed by atoms with Crippen LogP contribution in [0.5, 0.6) is 5.75 Å². The molecule has 2 aromatic rings. The molecule has 2 N–H and O–H groups in total. The van der Waals surface area contributed by atoms with Crippen LogP contribution in [-0.4, -0.2) is 29.5 Å². The zero-order valence-corrected chi connectivity index (χ0v) is 10.3. The third-order valence-electron chi connectivity index (χ3n) is 3.05. The van der Waals surface area contributed by atoms with Crippen LogP contribution in [0.4, 0.5) is 11.4 Å². The Morgan fingerprint density at radius 2 is 2.47 bits per heavy atom. The summed E-state index contributed by atoms with van der Waals surface area (Å²) in [7, 11) is 0. The second kappa shape index (κ2) is 5.01. The number of carbonyl (C=O) groups is 1. The Labute approximate surface area is 110 Å². The standard InChI is InChI=1S/C13H14N4O2/c18-9-16-10-1-2-13-12(5-10)17(3-4-19-13)7-11-6-14-8-15-11/h1-2,5-6,8-9H,3-4,7H2,(H,14,15)(H,16,18). The van der Waals surface area contributed by atoms with E-state index in [2.05, 4.69) is 20.2 Å². The lowest BCUT2D eigenvalue weighted by Crippen LogP contribution is -2.32. The third kappa shape index (κ3) is 2.37. The fourth-order valence-corrected chi connectivity index (χ4v) is 2.17. The monoisotopic (exact) mass is 258 g/mol. The Morgan fingerprint density at radius 1 is 1.53 bits per heavy atom. The normalized spacial score (nSPS) is 13.6. The van der Waals surface area contributed by atoms with Crippen LogP contribution in [0.25, 0.3) is 0 Å². The maximum Gasteiger partial charge on any atom is 0.211 e. The summed E-state index contributed by atoms with van der Waals surface area (Å²) >= 11 is 0. The number of aromatic nitrogens is 2. The predicted octanol–water partition coefficient (Wildman–Crippen LogP) is 1.38. The largest absolute Gasteiger partial charge is 0.490 e. The summed E-state index contributed by atoms with van der Waals surface area (Å²) < 4.78 is 5.62. The highest BCUT2D eigenvalue weighted by atomic mass is 16.5. The van der Waals surface area contributed by atoms with E-state index in [9.17, 15) is 4.79 Å². The number of rotatable bonds is 4. The minimum Gasteiger partial charge on any atom is -0.490 e. The molecule has 3 rings (SSSR count). The molecule has 1 aromatic carbocycles. The van der Waals surface area contributed by atoms with Gasteiger partial charge in [-0.3, -0.25) is 4.79 Å². The molecule has 0 spiro atoms. The molecule has 0 unspecified atom stereocenters. The first-order chi connectivity index (χ1) is 9.36. The number of ether oxygens (including phenoxy) is 1. The molecule has 0 fully saturated rings. The molecule has 0 saturated carbocycles. The van der Waals surface area contributed by atoms with Gasteiger partial charge in [0.15, 0.2) is 0 Å². The molecular formula is C13H14N4O2. The minimum absolute atomic E-state index is 0.651. The van der Waals surface area contributed by atoms with E-state index in [1.807, 2.05) is 24.4 Å². The van der Waals surface area contributed by atoms with E-state index in [0.29, 0.717) is 19.6 Å². The summed E-state index contributed by atoms with van der Waals surface area (Å²) in [6.45, 7) is 2.16. The quantitative estimate of drug-likeness (QED) is 0.813. The van der Waals surface area contributed by atoms with Crippen molar-refractivity contribution < 1.29 is 9.53 Å². The van der Waals surface area contributed by atoms with E-state index in [1.54, 1.807) is 6.33 Å². The number of benzene rings is 1. The van der Waals surface area contributed by atoms with Crippen LogP contribution in [0.3, 0.4) is 0 Å². The van der Waals surface area contributed by atoms with Crippen molar-refractivity contribution >= 4 is 17.8 Å². The molecule has 1 amide bonds. The molecule has 19 heavy (non-hydrogen) atoms. The van der Waals surface area contributed by atoms with Crippen LogP contribution >= 0.6 is 0 Å². The molecule has 0 radical (unpaired) electrons. The van der Waals surface area contributed by atoms with Gasteiger partial charge in [0.25, 0.3) is 0 Å².